The molecule has 0 spiro atoms. The molecule has 4 heteroatoms. The Hall–Kier alpha value is 0.820. The number of hydrogen-bond acceptors (Lipinski definition) is 0. The van der Waals surface area contributed by atoms with Gasteiger partial charge >= 0.3 is 59.1 Å². The molecular weight excluding hydrogens is 170 g/mol. The molecule has 0 aromatic heterocycles. The van der Waals surface area contributed by atoms with Crippen LogP contribution in [0.2, 0.25) is 0 Å². The van der Waals surface area contributed by atoms with Crippen LogP contribution in [0.1, 0.15) is 11.1 Å². The third kappa shape index (κ3) is 3.69. The van der Waals surface area contributed by atoms with E-state index in [1.807, 2.05) is 13.8 Å². The Kier molecular flexibility index (Phi) is 8.03. The quantitative estimate of drug-likeness (QED) is 0.402. The second-order valence-electron chi connectivity index (χ2n) is 2.48. The first-order valence-corrected chi connectivity index (χ1v) is 3.15. The molecular formula is C8H10N2Na2. The summed E-state index contributed by atoms with van der Waals surface area (Å²) in [5, 5.41) is 0. The van der Waals surface area contributed by atoms with Crippen LogP contribution in [0.25, 0.3) is 11.5 Å². The van der Waals surface area contributed by atoms with Crippen molar-refractivity contribution in [3.8, 4) is 0 Å². The fourth-order valence-corrected chi connectivity index (χ4v) is 0.816. The molecule has 1 aromatic carbocycles. The van der Waals surface area contributed by atoms with Gasteiger partial charge in [0.2, 0.25) is 0 Å². The van der Waals surface area contributed by atoms with Crippen molar-refractivity contribution in [2.24, 2.45) is 0 Å². The summed E-state index contributed by atoms with van der Waals surface area (Å²) in [6, 6.07) is 3.44. The van der Waals surface area contributed by atoms with Crippen LogP contribution in [0.5, 0.6) is 0 Å². The van der Waals surface area contributed by atoms with Crippen molar-refractivity contribution in [2.45, 2.75) is 13.8 Å². The van der Waals surface area contributed by atoms with Crippen LogP contribution in [-0.2, 0) is 0 Å². The molecule has 2 nitrogen and oxygen atoms in total. The van der Waals surface area contributed by atoms with E-state index in [9.17, 15) is 0 Å². The number of aryl methyl sites for hydroxylation is 2. The molecule has 0 saturated carbocycles. The zero-order valence-corrected chi connectivity index (χ0v) is 12.2. The first-order valence-electron chi connectivity index (χ1n) is 3.15. The molecule has 0 atom stereocenters. The van der Waals surface area contributed by atoms with Gasteiger partial charge in [-0.3, -0.25) is 0 Å². The standard InChI is InChI=1S/C8H10N2.2Na/c1-5-3-8(10)6(2)4-7(5)9;;/h3-4,9-10H,1-2H3;;/q-2;2*+1. The zero-order chi connectivity index (χ0) is 7.72. The van der Waals surface area contributed by atoms with E-state index in [-0.39, 0.29) is 59.1 Å². The predicted molar refractivity (Wildman–Crippen MR) is 43.9 cm³/mol. The van der Waals surface area contributed by atoms with Gasteiger partial charge in [-0.25, -0.2) is 0 Å². The summed E-state index contributed by atoms with van der Waals surface area (Å²) < 4.78 is 0. The summed E-state index contributed by atoms with van der Waals surface area (Å²) >= 11 is 0. The summed E-state index contributed by atoms with van der Waals surface area (Å²) in [7, 11) is 0. The van der Waals surface area contributed by atoms with Crippen LogP contribution in [0.3, 0.4) is 0 Å². The van der Waals surface area contributed by atoms with Gasteiger partial charge in [0.1, 0.15) is 0 Å². The van der Waals surface area contributed by atoms with E-state index in [0.717, 1.165) is 11.1 Å². The number of rotatable bonds is 0. The zero-order valence-electron chi connectivity index (χ0n) is 8.15. The number of benzene rings is 1. The summed E-state index contributed by atoms with van der Waals surface area (Å²) in [4.78, 5) is 0. The Bertz CT molecular complexity index is 211. The second-order valence-corrected chi connectivity index (χ2v) is 2.48. The van der Waals surface area contributed by atoms with Gasteiger partial charge in [0, 0.05) is 0 Å². The third-order valence-electron chi connectivity index (χ3n) is 1.57. The topological polar surface area (TPSA) is 47.6 Å². The Labute approximate surface area is 118 Å². The molecule has 0 unspecified atom stereocenters. The third-order valence-corrected chi connectivity index (χ3v) is 1.57. The van der Waals surface area contributed by atoms with Gasteiger partial charge in [0.25, 0.3) is 0 Å². The maximum Gasteiger partial charge on any atom is 1.00 e. The Morgan fingerprint density at radius 3 is 1.33 bits per heavy atom. The predicted octanol–water partition coefficient (Wildman–Crippen LogP) is -2.32. The first-order chi connectivity index (χ1) is 4.61. The van der Waals surface area contributed by atoms with E-state index >= 15 is 0 Å². The van der Waals surface area contributed by atoms with Crippen molar-refractivity contribution < 1.29 is 59.1 Å². The normalized spacial score (nSPS) is 8.17. The molecule has 0 saturated heterocycles. The maximum atomic E-state index is 7.37. The van der Waals surface area contributed by atoms with E-state index in [2.05, 4.69) is 0 Å². The van der Waals surface area contributed by atoms with Gasteiger partial charge in [-0.2, -0.15) is 0 Å². The van der Waals surface area contributed by atoms with Crippen LogP contribution in [0.4, 0.5) is 11.4 Å². The Morgan fingerprint density at radius 1 is 0.833 bits per heavy atom. The molecule has 0 heterocycles. The van der Waals surface area contributed by atoms with Crippen LogP contribution in [0.15, 0.2) is 12.1 Å². The molecule has 0 aliphatic rings. The van der Waals surface area contributed by atoms with Gasteiger partial charge < -0.3 is 11.5 Å². The van der Waals surface area contributed by atoms with Gasteiger partial charge in [-0.05, 0) is 13.8 Å². The van der Waals surface area contributed by atoms with E-state index < -0.39 is 0 Å². The molecule has 0 aliphatic heterocycles. The van der Waals surface area contributed by atoms with Gasteiger partial charge in [-0.15, -0.1) is 11.4 Å². The largest absolute Gasteiger partial charge is 1.00 e. The summed E-state index contributed by atoms with van der Waals surface area (Å²) in [6.45, 7) is 3.69. The van der Waals surface area contributed by atoms with Crippen LogP contribution in [0, 0.1) is 13.8 Å². The Balaban J connectivity index is 0. The van der Waals surface area contributed by atoms with Crippen LogP contribution >= 0.6 is 0 Å². The minimum atomic E-state index is 0. The summed E-state index contributed by atoms with van der Waals surface area (Å²) in [5.41, 5.74) is 17.5. The van der Waals surface area contributed by atoms with Crippen LogP contribution < -0.4 is 59.1 Å². The average molecular weight is 180 g/mol. The molecule has 0 fully saturated rings. The molecule has 1 rings (SSSR count). The second kappa shape index (κ2) is 6.30. The van der Waals surface area contributed by atoms with Crippen molar-refractivity contribution in [2.75, 3.05) is 0 Å². The molecule has 54 valence electrons. The molecule has 12 heavy (non-hydrogen) atoms. The van der Waals surface area contributed by atoms with Crippen molar-refractivity contribution in [1.82, 2.24) is 0 Å². The van der Waals surface area contributed by atoms with E-state index in [4.69, 9.17) is 11.5 Å². The first kappa shape index (κ1) is 15.3. The van der Waals surface area contributed by atoms with Crippen molar-refractivity contribution in [3.63, 3.8) is 0 Å². The fraction of sp³-hybridized carbons (Fsp3) is 0.250. The summed E-state index contributed by atoms with van der Waals surface area (Å²) in [5.74, 6) is 0. The van der Waals surface area contributed by atoms with Crippen molar-refractivity contribution >= 4 is 11.4 Å². The fourth-order valence-electron chi connectivity index (χ4n) is 0.816. The van der Waals surface area contributed by atoms with Crippen molar-refractivity contribution in [3.05, 3.63) is 34.7 Å². The number of nitrogens with one attached hydrogen (secondary N) is 2. The maximum absolute atomic E-state index is 7.37. The molecule has 0 aliphatic carbocycles. The molecule has 1 aromatic rings. The van der Waals surface area contributed by atoms with Gasteiger partial charge in [0.15, 0.2) is 0 Å². The molecule has 2 N–H and O–H groups in total. The minimum absolute atomic E-state index is 0. The van der Waals surface area contributed by atoms with Gasteiger partial charge in [0.05, 0.1) is 0 Å². The molecule has 0 amide bonds. The van der Waals surface area contributed by atoms with Crippen LogP contribution in [-0.4, -0.2) is 0 Å². The van der Waals surface area contributed by atoms with Gasteiger partial charge in [-0.1, -0.05) is 23.3 Å². The molecule has 0 bridgehead atoms. The Morgan fingerprint density at radius 2 is 1.08 bits per heavy atom. The SMILES string of the molecule is Cc1cc([NH-])c(C)cc1[NH-].[Na+].[Na+]. The van der Waals surface area contributed by atoms with E-state index in [1.54, 1.807) is 12.1 Å². The number of hydrogen-bond donors (Lipinski definition) is 0. The summed E-state index contributed by atoms with van der Waals surface area (Å²) in [6.07, 6.45) is 0. The average Bonchev–Trinajstić information content (AvgIpc) is 1.84. The smallest absolute Gasteiger partial charge is 0.698 e. The van der Waals surface area contributed by atoms with E-state index in [1.165, 1.54) is 0 Å². The monoisotopic (exact) mass is 180 g/mol. The van der Waals surface area contributed by atoms with Crippen molar-refractivity contribution in [1.29, 1.82) is 0 Å². The molecule has 0 radical (unpaired) electrons. The minimum Gasteiger partial charge on any atom is -0.698 e. The van der Waals surface area contributed by atoms with E-state index in [0.29, 0.717) is 11.4 Å².